The number of halogens is 1. The lowest BCUT2D eigenvalue weighted by Crippen LogP contribution is -2.27. The lowest BCUT2D eigenvalue weighted by molar-refractivity contribution is 0.979. The second-order valence-electron chi connectivity index (χ2n) is 3.69. The van der Waals surface area contributed by atoms with Gasteiger partial charge in [-0.05, 0) is 54.2 Å². The normalized spacial score (nSPS) is 10.2. The largest absolute Gasteiger partial charge is 0.363 e. The first-order valence-corrected chi connectivity index (χ1v) is 6.63. The van der Waals surface area contributed by atoms with E-state index < -0.39 is 0 Å². The Labute approximate surface area is 115 Å². The predicted molar refractivity (Wildman–Crippen MR) is 81.5 cm³/mol. The molecule has 17 heavy (non-hydrogen) atoms. The summed E-state index contributed by atoms with van der Waals surface area (Å²) in [5.41, 5.74) is 1.01. The maximum atomic E-state index is 5.15. The Morgan fingerprint density at radius 1 is 1.18 bits per heavy atom. The molecule has 2 nitrogen and oxygen atoms in total. The quantitative estimate of drug-likeness (QED) is 0.823. The molecule has 88 valence electrons. The maximum Gasteiger partial charge on any atom is 0.170 e. The van der Waals surface area contributed by atoms with Gasteiger partial charge < -0.3 is 10.6 Å². The highest BCUT2D eigenvalue weighted by Gasteiger charge is 1.99. The van der Waals surface area contributed by atoms with Crippen LogP contribution in [0.5, 0.6) is 0 Å². The summed E-state index contributed by atoms with van der Waals surface area (Å²) in [7, 11) is 0. The number of benzene rings is 2. The van der Waals surface area contributed by atoms with Crippen molar-refractivity contribution in [3.63, 3.8) is 0 Å². The molecule has 0 saturated heterocycles. The highest BCUT2D eigenvalue weighted by molar-refractivity contribution is 9.10. The summed E-state index contributed by atoms with van der Waals surface area (Å²) in [5.74, 6) is 0. The molecule has 0 radical (unpaired) electrons. The molecule has 4 heteroatoms. The minimum absolute atomic E-state index is 0.656. The fraction of sp³-hybridized carbons (Fsp3) is 0.154. The zero-order valence-electron chi connectivity index (χ0n) is 9.46. The van der Waals surface area contributed by atoms with E-state index in [2.05, 4.69) is 50.8 Å². The average Bonchev–Trinajstić information content (AvgIpc) is 2.29. The van der Waals surface area contributed by atoms with E-state index in [4.69, 9.17) is 12.2 Å². The van der Waals surface area contributed by atoms with E-state index in [-0.39, 0.29) is 0 Å². The van der Waals surface area contributed by atoms with Crippen LogP contribution in [-0.2, 0) is 0 Å². The van der Waals surface area contributed by atoms with Crippen molar-refractivity contribution in [2.24, 2.45) is 0 Å². The molecule has 0 aromatic heterocycles. The molecular formula is C13H13BrN2S. The molecular weight excluding hydrogens is 296 g/mol. The predicted octanol–water partition coefficient (Wildman–Crippen LogP) is 3.91. The molecule has 0 saturated carbocycles. The van der Waals surface area contributed by atoms with Crippen LogP contribution in [-0.4, -0.2) is 11.7 Å². The SMILES string of the molecule is CCNC(=S)Nc1ccc2cc(Br)ccc2c1. The molecule has 0 aliphatic carbocycles. The number of fused-ring (bicyclic) bond motifs is 1. The van der Waals surface area contributed by atoms with Crippen LogP contribution in [0.3, 0.4) is 0 Å². The van der Waals surface area contributed by atoms with Crippen molar-refractivity contribution >= 4 is 49.7 Å². The molecule has 0 spiro atoms. The van der Waals surface area contributed by atoms with E-state index in [9.17, 15) is 0 Å². The van der Waals surface area contributed by atoms with E-state index in [0.29, 0.717) is 5.11 Å². The zero-order valence-corrected chi connectivity index (χ0v) is 11.9. The zero-order chi connectivity index (χ0) is 12.3. The van der Waals surface area contributed by atoms with Gasteiger partial charge in [-0.2, -0.15) is 0 Å². The molecule has 0 aliphatic rings. The first kappa shape index (κ1) is 12.3. The van der Waals surface area contributed by atoms with Gasteiger partial charge in [-0.25, -0.2) is 0 Å². The van der Waals surface area contributed by atoms with Crippen molar-refractivity contribution < 1.29 is 0 Å². The van der Waals surface area contributed by atoms with Gasteiger partial charge in [0.05, 0.1) is 0 Å². The summed E-state index contributed by atoms with van der Waals surface area (Å²) in [6, 6.07) is 12.4. The van der Waals surface area contributed by atoms with Gasteiger partial charge in [0.25, 0.3) is 0 Å². The lowest BCUT2D eigenvalue weighted by atomic mass is 10.1. The Hall–Kier alpha value is -1.13. The topological polar surface area (TPSA) is 24.1 Å². The molecule has 0 amide bonds. The van der Waals surface area contributed by atoms with Crippen molar-refractivity contribution in [2.75, 3.05) is 11.9 Å². The molecule has 0 bridgehead atoms. The molecule has 0 heterocycles. The third-order valence-corrected chi connectivity index (χ3v) is 3.14. The Balaban J connectivity index is 2.26. The van der Waals surface area contributed by atoms with Crippen molar-refractivity contribution in [3.8, 4) is 0 Å². The summed E-state index contributed by atoms with van der Waals surface area (Å²) >= 11 is 8.61. The van der Waals surface area contributed by atoms with Crippen LogP contribution >= 0.6 is 28.1 Å². The highest BCUT2D eigenvalue weighted by Crippen LogP contribution is 2.22. The summed E-state index contributed by atoms with van der Waals surface area (Å²) in [6.07, 6.45) is 0. The highest BCUT2D eigenvalue weighted by atomic mass is 79.9. The summed E-state index contributed by atoms with van der Waals surface area (Å²) < 4.78 is 1.09. The molecule has 0 fully saturated rings. The van der Waals surface area contributed by atoms with Crippen LogP contribution in [0, 0.1) is 0 Å². The number of hydrogen-bond donors (Lipinski definition) is 2. The first-order chi connectivity index (χ1) is 8.19. The number of thiocarbonyl (C=S) groups is 1. The fourth-order valence-corrected chi connectivity index (χ4v) is 2.27. The van der Waals surface area contributed by atoms with Gasteiger partial charge >= 0.3 is 0 Å². The van der Waals surface area contributed by atoms with E-state index in [1.165, 1.54) is 10.8 Å². The summed E-state index contributed by atoms with van der Waals surface area (Å²) in [5, 5.41) is 9.28. The monoisotopic (exact) mass is 308 g/mol. The number of anilines is 1. The Morgan fingerprint density at radius 3 is 2.65 bits per heavy atom. The van der Waals surface area contributed by atoms with Gasteiger partial charge in [0.2, 0.25) is 0 Å². The van der Waals surface area contributed by atoms with E-state index in [0.717, 1.165) is 16.7 Å². The molecule has 2 aromatic carbocycles. The summed E-state index contributed by atoms with van der Waals surface area (Å²) in [6.45, 7) is 2.85. The van der Waals surface area contributed by atoms with E-state index in [1.54, 1.807) is 0 Å². The van der Waals surface area contributed by atoms with Crippen LogP contribution < -0.4 is 10.6 Å². The third-order valence-electron chi connectivity index (χ3n) is 2.40. The van der Waals surface area contributed by atoms with Gasteiger partial charge in [0, 0.05) is 16.7 Å². The van der Waals surface area contributed by atoms with Crippen molar-refractivity contribution in [2.45, 2.75) is 6.92 Å². The van der Waals surface area contributed by atoms with Crippen LogP contribution in [0.4, 0.5) is 5.69 Å². The van der Waals surface area contributed by atoms with Gasteiger partial charge in [-0.3, -0.25) is 0 Å². The molecule has 0 aliphatic heterocycles. The van der Waals surface area contributed by atoms with Gasteiger partial charge in [0.1, 0.15) is 0 Å². The Bertz CT molecular complexity index is 554. The van der Waals surface area contributed by atoms with E-state index in [1.807, 2.05) is 19.1 Å². The maximum absolute atomic E-state index is 5.15. The molecule has 0 unspecified atom stereocenters. The molecule has 2 aromatic rings. The van der Waals surface area contributed by atoms with Gasteiger partial charge in [-0.15, -0.1) is 0 Å². The molecule has 0 atom stereocenters. The van der Waals surface area contributed by atoms with Gasteiger partial charge in [0.15, 0.2) is 5.11 Å². The van der Waals surface area contributed by atoms with Crippen LogP contribution in [0.25, 0.3) is 10.8 Å². The Kier molecular flexibility index (Phi) is 3.97. The van der Waals surface area contributed by atoms with E-state index >= 15 is 0 Å². The number of hydrogen-bond acceptors (Lipinski definition) is 1. The Morgan fingerprint density at radius 2 is 1.88 bits per heavy atom. The third kappa shape index (κ3) is 3.17. The van der Waals surface area contributed by atoms with Crippen LogP contribution in [0.2, 0.25) is 0 Å². The molecule has 2 N–H and O–H groups in total. The smallest absolute Gasteiger partial charge is 0.170 e. The van der Waals surface area contributed by atoms with Crippen molar-refractivity contribution in [3.05, 3.63) is 40.9 Å². The van der Waals surface area contributed by atoms with Gasteiger partial charge in [-0.1, -0.05) is 28.1 Å². The first-order valence-electron chi connectivity index (χ1n) is 5.43. The number of rotatable bonds is 2. The standard InChI is InChI=1S/C13H13BrN2S/c1-2-15-13(17)16-12-6-4-9-7-11(14)5-3-10(9)8-12/h3-8H,2H2,1H3,(H2,15,16,17). The molecule has 2 rings (SSSR count). The van der Waals surface area contributed by atoms with Crippen molar-refractivity contribution in [1.82, 2.24) is 5.32 Å². The fourth-order valence-electron chi connectivity index (χ4n) is 1.63. The minimum atomic E-state index is 0.656. The average molecular weight is 309 g/mol. The number of nitrogens with one attached hydrogen (secondary N) is 2. The van der Waals surface area contributed by atoms with Crippen molar-refractivity contribution in [1.29, 1.82) is 0 Å². The minimum Gasteiger partial charge on any atom is -0.363 e. The second kappa shape index (κ2) is 5.47. The lowest BCUT2D eigenvalue weighted by Gasteiger charge is -2.09. The summed E-state index contributed by atoms with van der Waals surface area (Å²) in [4.78, 5) is 0. The van der Waals surface area contributed by atoms with Crippen LogP contribution in [0.1, 0.15) is 6.92 Å². The second-order valence-corrected chi connectivity index (χ2v) is 5.01. The van der Waals surface area contributed by atoms with Crippen LogP contribution in [0.15, 0.2) is 40.9 Å².